The molecule has 1 unspecified atom stereocenters. The number of methoxy groups -OCH3 is 1. The van der Waals surface area contributed by atoms with Crippen LogP contribution in [0.2, 0.25) is 0 Å². The Bertz CT molecular complexity index is 465. The molecule has 2 N–H and O–H groups in total. The molecule has 0 saturated carbocycles. The highest BCUT2D eigenvalue weighted by Gasteiger charge is 2.15. The highest BCUT2D eigenvalue weighted by Crippen LogP contribution is 2.16. The van der Waals surface area contributed by atoms with Crippen LogP contribution in [0.15, 0.2) is 18.3 Å². The van der Waals surface area contributed by atoms with Crippen molar-refractivity contribution in [2.24, 2.45) is 12.8 Å². The molecule has 0 aromatic carbocycles. The van der Waals surface area contributed by atoms with Gasteiger partial charge in [-0.25, -0.2) is 0 Å². The smallest absolute Gasteiger partial charge is 0.233 e. The zero-order valence-electron chi connectivity index (χ0n) is 9.03. The van der Waals surface area contributed by atoms with Gasteiger partial charge in [-0.1, -0.05) is 5.21 Å². The van der Waals surface area contributed by atoms with Gasteiger partial charge in [0, 0.05) is 13.1 Å². The van der Waals surface area contributed by atoms with E-state index in [0.717, 1.165) is 5.69 Å². The van der Waals surface area contributed by atoms with E-state index in [0.29, 0.717) is 11.6 Å². The van der Waals surface area contributed by atoms with Crippen LogP contribution in [-0.4, -0.2) is 32.3 Å². The van der Waals surface area contributed by atoms with Crippen LogP contribution in [0.4, 0.5) is 0 Å². The Morgan fingerprint density at radius 3 is 2.69 bits per heavy atom. The van der Waals surface area contributed by atoms with Crippen molar-refractivity contribution < 1.29 is 4.74 Å². The number of rotatable bonds is 3. The van der Waals surface area contributed by atoms with Crippen LogP contribution >= 0.6 is 0 Å². The molecular weight excluding hydrogens is 208 g/mol. The third kappa shape index (κ3) is 1.84. The highest BCUT2D eigenvalue weighted by molar-refractivity contribution is 5.20. The molecule has 0 fully saturated rings. The first kappa shape index (κ1) is 10.5. The summed E-state index contributed by atoms with van der Waals surface area (Å²) in [6, 6.07) is 3.09. The summed E-state index contributed by atoms with van der Waals surface area (Å²) in [6.07, 6.45) is 1.61. The Morgan fingerprint density at radius 1 is 1.38 bits per heavy atom. The summed E-state index contributed by atoms with van der Waals surface area (Å²) >= 11 is 0. The molecule has 0 saturated heterocycles. The summed E-state index contributed by atoms with van der Waals surface area (Å²) in [6.45, 7) is 0. The molecule has 0 aliphatic heterocycles. The second kappa shape index (κ2) is 4.23. The molecular formula is C9H12N6O. The zero-order chi connectivity index (χ0) is 11.5. The molecule has 0 radical (unpaired) electrons. The maximum Gasteiger partial charge on any atom is 0.233 e. The van der Waals surface area contributed by atoms with Gasteiger partial charge >= 0.3 is 0 Å². The molecule has 7 heteroatoms. The Hall–Kier alpha value is -2.02. The number of aromatic nitrogens is 5. The number of hydrogen-bond acceptors (Lipinski definition) is 6. The third-order valence-electron chi connectivity index (χ3n) is 2.26. The number of hydrogen-bond donors (Lipinski definition) is 1. The summed E-state index contributed by atoms with van der Waals surface area (Å²) in [7, 11) is 3.31. The number of nitrogens with zero attached hydrogens (tertiary/aromatic N) is 5. The Morgan fingerprint density at radius 2 is 2.19 bits per heavy atom. The van der Waals surface area contributed by atoms with Gasteiger partial charge in [-0.15, -0.1) is 15.3 Å². The maximum atomic E-state index is 6.01. The Balaban J connectivity index is 2.27. The van der Waals surface area contributed by atoms with Crippen LogP contribution in [0.1, 0.15) is 17.4 Å². The van der Waals surface area contributed by atoms with Crippen molar-refractivity contribution in [2.75, 3.05) is 7.11 Å². The second-order valence-corrected chi connectivity index (χ2v) is 3.26. The highest BCUT2D eigenvalue weighted by atomic mass is 16.5. The first-order chi connectivity index (χ1) is 7.72. The van der Waals surface area contributed by atoms with Gasteiger partial charge in [0.1, 0.15) is 0 Å². The summed E-state index contributed by atoms with van der Waals surface area (Å²) in [5.41, 5.74) is 7.43. The maximum absolute atomic E-state index is 6.01. The van der Waals surface area contributed by atoms with E-state index in [1.54, 1.807) is 30.1 Å². The van der Waals surface area contributed by atoms with Gasteiger partial charge in [-0.3, -0.25) is 4.68 Å². The SMILES string of the molecule is COc1ccc(C(N)c2cnnn2C)nn1. The predicted octanol–water partition coefficient (Wildman–Crippen LogP) is -0.338. The van der Waals surface area contributed by atoms with E-state index < -0.39 is 6.04 Å². The van der Waals surface area contributed by atoms with Crippen LogP contribution in [0.25, 0.3) is 0 Å². The lowest BCUT2D eigenvalue weighted by Gasteiger charge is -2.09. The summed E-state index contributed by atoms with van der Waals surface area (Å²) in [5.74, 6) is 0.457. The molecule has 84 valence electrons. The van der Waals surface area contributed by atoms with E-state index in [4.69, 9.17) is 10.5 Å². The van der Waals surface area contributed by atoms with Crippen molar-refractivity contribution in [2.45, 2.75) is 6.04 Å². The van der Waals surface area contributed by atoms with Crippen molar-refractivity contribution in [3.8, 4) is 5.88 Å². The van der Waals surface area contributed by atoms with Crippen molar-refractivity contribution in [3.05, 3.63) is 29.7 Å². The average molecular weight is 220 g/mol. The monoisotopic (exact) mass is 220 g/mol. The van der Waals surface area contributed by atoms with Crippen LogP contribution < -0.4 is 10.5 Å². The van der Waals surface area contributed by atoms with Crippen molar-refractivity contribution in [1.29, 1.82) is 0 Å². The fraction of sp³-hybridized carbons (Fsp3) is 0.333. The number of aryl methyl sites for hydroxylation is 1. The number of ether oxygens (including phenoxy) is 1. The summed E-state index contributed by atoms with van der Waals surface area (Å²) in [5, 5.41) is 15.4. The fourth-order valence-electron chi connectivity index (χ4n) is 1.34. The first-order valence-electron chi connectivity index (χ1n) is 4.70. The minimum atomic E-state index is -0.390. The number of nitrogens with two attached hydrogens (primary N) is 1. The molecule has 2 aromatic rings. The molecule has 0 amide bonds. The lowest BCUT2D eigenvalue weighted by atomic mass is 10.1. The molecule has 0 bridgehead atoms. The molecule has 0 spiro atoms. The van der Waals surface area contributed by atoms with Crippen molar-refractivity contribution in [3.63, 3.8) is 0 Å². The van der Waals surface area contributed by atoms with Crippen LogP contribution in [0, 0.1) is 0 Å². The van der Waals surface area contributed by atoms with Gasteiger partial charge in [0.25, 0.3) is 0 Å². The quantitative estimate of drug-likeness (QED) is 0.761. The van der Waals surface area contributed by atoms with Crippen LogP contribution in [0.3, 0.4) is 0 Å². The largest absolute Gasteiger partial charge is 0.480 e. The van der Waals surface area contributed by atoms with Crippen molar-refractivity contribution >= 4 is 0 Å². The normalized spacial score (nSPS) is 12.4. The molecule has 7 nitrogen and oxygen atoms in total. The lowest BCUT2D eigenvalue weighted by molar-refractivity contribution is 0.390. The molecule has 16 heavy (non-hydrogen) atoms. The van der Waals surface area contributed by atoms with Crippen LogP contribution in [0.5, 0.6) is 5.88 Å². The molecule has 2 aromatic heterocycles. The molecule has 0 aliphatic carbocycles. The van der Waals surface area contributed by atoms with E-state index >= 15 is 0 Å². The summed E-state index contributed by atoms with van der Waals surface area (Å²) in [4.78, 5) is 0. The molecule has 0 aliphatic rings. The topological polar surface area (TPSA) is 91.7 Å². The van der Waals surface area contributed by atoms with Gasteiger partial charge in [0.2, 0.25) is 5.88 Å². The van der Waals surface area contributed by atoms with E-state index in [1.165, 1.54) is 7.11 Å². The van der Waals surface area contributed by atoms with Crippen LogP contribution in [-0.2, 0) is 7.05 Å². The van der Waals surface area contributed by atoms with Gasteiger partial charge in [0.05, 0.1) is 30.7 Å². The first-order valence-corrected chi connectivity index (χ1v) is 4.70. The van der Waals surface area contributed by atoms with E-state index in [2.05, 4.69) is 20.5 Å². The van der Waals surface area contributed by atoms with Gasteiger partial charge in [-0.2, -0.15) is 0 Å². The molecule has 2 heterocycles. The van der Waals surface area contributed by atoms with E-state index in [-0.39, 0.29) is 0 Å². The van der Waals surface area contributed by atoms with E-state index in [1.807, 2.05) is 0 Å². The van der Waals surface area contributed by atoms with Crippen molar-refractivity contribution in [1.82, 2.24) is 25.2 Å². The fourth-order valence-corrected chi connectivity index (χ4v) is 1.34. The predicted molar refractivity (Wildman–Crippen MR) is 55.6 cm³/mol. The standard InChI is InChI=1S/C9H12N6O/c1-15-7(5-11-14-15)9(10)6-3-4-8(16-2)13-12-6/h3-5,9H,10H2,1-2H3. The Labute approximate surface area is 92.2 Å². The third-order valence-corrected chi connectivity index (χ3v) is 2.26. The van der Waals surface area contributed by atoms with Gasteiger partial charge < -0.3 is 10.5 Å². The zero-order valence-corrected chi connectivity index (χ0v) is 9.03. The Kier molecular flexibility index (Phi) is 2.78. The summed E-state index contributed by atoms with van der Waals surface area (Å²) < 4.78 is 6.53. The van der Waals surface area contributed by atoms with E-state index in [9.17, 15) is 0 Å². The molecule has 1 atom stereocenters. The molecule has 2 rings (SSSR count). The van der Waals surface area contributed by atoms with Gasteiger partial charge in [0.15, 0.2) is 0 Å². The minimum absolute atomic E-state index is 0.390. The average Bonchev–Trinajstić information content (AvgIpc) is 2.75. The second-order valence-electron chi connectivity index (χ2n) is 3.26. The lowest BCUT2D eigenvalue weighted by Crippen LogP contribution is -2.17. The minimum Gasteiger partial charge on any atom is -0.480 e. The van der Waals surface area contributed by atoms with Gasteiger partial charge in [-0.05, 0) is 6.07 Å².